The molecule has 0 aliphatic carbocycles. The molecule has 1 aliphatic heterocycles. The number of hydrogen-bond acceptors (Lipinski definition) is 3. The lowest BCUT2D eigenvalue weighted by molar-refractivity contribution is -0.136. The summed E-state index contributed by atoms with van der Waals surface area (Å²) in [6, 6.07) is 13.9. The molecule has 146 valence electrons. The molecule has 6 heteroatoms. The highest BCUT2D eigenvalue weighted by Crippen LogP contribution is 2.37. The smallest absolute Gasteiger partial charge is 0.307 e. The summed E-state index contributed by atoms with van der Waals surface area (Å²) >= 11 is 0. The standard InChI is InChI=1S/C21H23NO3.2ClH/c1-22(2)11-5-8-18-17-7-4-3-6-16(17)14-25-20-10-9-15(12-19(18)20)13-21(23)24;;/h3-4,6-10,12H,5,11,13-14H2,1-2H3,(H,23,24);2*1H/b18-8-;;. The van der Waals surface area contributed by atoms with Gasteiger partial charge in [-0.15, -0.1) is 24.8 Å². The zero-order chi connectivity index (χ0) is 17.8. The lowest BCUT2D eigenvalue weighted by atomic mass is 9.92. The fraction of sp³-hybridized carbons (Fsp3) is 0.286. The largest absolute Gasteiger partial charge is 0.488 e. The molecule has 0 bridgehead atoms. The third kappa shape index (κ3) is 5.73. The molecule has 2 aromatic carbocycles. The van der Waals surface area contributed by atoms with Crippen molar-refractivity contribution in [3.05, 3.63) is 70.8 Å². The van der Waals surface area contributed by atoms with Crippen LogP contribution in [0.1, 0.15) is 28.7 Å². The van der Waals surface area contributed by atoms with Crippen molar-refractivity contribution in [3.63, 3.8) is 0 Å². The molecule has 1 heterocycles. The van der Waals surface area contributed by atoms with Crippen LogP contribution >= 0.6 is 24.8 Å². The van der Waals surface area contributed by atoms with E-state index in [2.05, 4.69) is 37.2 Å². The molecule has 0 amide bonds. The maximum Gasteiger partial charge on any atom is 0.307 e. The molecule has 0 saturated carbocycles. The number of carbonyl (C=O) groups is 1. The Balaban J connectivity index is 0.00000182. The second kappa shape index (κ2) is 10.4. The monoisotopic (exact) mass is 409 g/mol. The molecule has 0 spiro atoms. The van der Waals surface area contributed by atoms with E-state index in [1.54, 1.807) is 0 Å². The Hall–Kier alpha value is -2.01. The Labute approximate surface area is 172 Å². The molecule has 27 heavy (non-hydrogen) atoms. The molecule has 0 saturated heterocycles. The van der Waals surface area contributed by atoms with E-state index in [1.807, 2.05) is 30.3 Å². The lowest BCUT2D eigenvalue weighted by Crippen LogP contribution is -2.12. The number of carboxylic acids is 1. The van der Waals surface area contributed by atoms with Crippen LogP contribution in [-0.2, 0) is 17.8 Å². The first-order valence-corrected chi connectivity index (χ1v) is 8.45. The van der Waals surface area contributed by atoms with Gasteiger partial charge in [-0.1, -0.05) is 36.4 Å². The molecular weight excluding hydrogens is 385 g/mol. The number of aliphatic carboxylic acids is 1. The summed E-state index contributed by atoms with van der Waals surface area (Å²) in [4.78, 5) is 13.2. The minimum Gasteiger partial charge on any atom is -0.488 e. The summed E-state index contributed by atoms with van der Waals surface area (Å²) in [5.41, 5.74) is 5.19. The third-order valence-corrected chi connectivity index (χ3v) is 4.30. The minimum absolute atomic E-state index is 0. The summed E-state index contributed by atoms with van der Waals surface area (Å²) in [5.74, 6) is -0.0190. The van der Waals surface area contributed by atoms with Crippen molar-refractivity contribution < 1.29 is 14.6 Å². The van der Waals surface area contributed by atoms with Gasteiger partial charge in [0, 0.05) is 12.1 Å². The lowest BCUT2D eigenvalue weighted by Gasteiger charge is -2.13. The molecule has 0 atom stereocenters. The van der Waals surface area contributed by atoms with Gasteiger partial charge in [0.05, 0.1) is 6.42 Å². The van der Waals surface area contributed by atoms with Gasteiger partial charge in [-0.25, -0.2) is 0 Å². The second-order valence-corrected chi connectivity index (χ2v) is 6.56. The highest BCUT2D eigenvalue weighted by molar-refractivity contribution is 5.86. The van der Waals surface area contributed by atoms with Gasteiger partial charge in [0.25, 0.3) is 0 Å². The van der Waals surface area contributed by atoms with Crippen molar-refractivity contribution in [2.45, 2.75) is 19.4 Å². The number of halogens is 2. The van der Waals surface area contributed by atoms with Gasteiger partial charge in [0.1, 0.15) is 12.4 Å². The maximum atomic E-state index is 11.1. The third-order valence-electron chi connectivity index (χ3n) is 4.30. The summed E-state index contributed by atoms with van der Waals surface area (Å²) in [5, 5.41) is 9.10. The number of rotatable bonds is 5. The minimum atomic E-state index is -0.826. The molecule has 1 N–H and O–H groups in total. The summed E-state index contributed by atoms with van der Waals surface area (Å²) in [6.45, 7) is 1.48. The second-order valence-electron chi connectivity index (χ2n) is 6.56. The van der Waals surface area contributed by atoms with E-state index in [0.717, 1.165) is 46.5 Å². The van der Waals surface area contributed by atoms with Crippen LogP contribution in [0.15, 0.2) is 48.5 Å². The molecule has 0 fully saturated rings. The number of ether oxygens (including phenoxy) is 1. The Morgan fingerprint density at radius 3 is 2.59 bits per heavy atom. The predicted octanol–water partition coefficient (Wildman–Crippen LogP) is 4.43. The molecule has 0 unspecified atom stereocenters. The molecule has 2 aromatic rings. The summed E-state index contributed by atoms with van der Waals surface area (Å²) in [7, 11) is 4.11. The molecule has 1 aliphatic rings. The fourth-order valence-corrected chi connectivity index (χ4v) is 3.09. The van der Waals surface area contributed by atoms with Gasteiger partial charge in [-0.05, 0) is 54.9 Å². The summed E-state index contributed by atoms with van der Waals surface area (Å²) in [6.07, 6.45) is 3.16. The SMILES string of the molecule is CN(C)CC/C=C1/c2ccccc2COc2ccc(CC(=O)O)cc21.Cl.Cl. The molecule has 3 rings (SSSR count). The average Bonchev–Trinajstić information content (AvgIpc) is 2.72. The van der Waals surface area contributed by atoms with Crippen molar-refractivity contribution in [2.24, 2.45) is 0 Å². The van der Waals surface area contributed by atoms with Crippen molar-refractivity contribution in [1.82, 2.24) is 4.90 Å². The van der Waals surface area contributed by atoms with E-state index in [1.165, 1.54) is 0 Å². The molecule has 0 radical (unpaired) electrons. The predicted molar refractivity (Wildman–Crippen MR) is 113 cm³/mol. The van der Waals surface area contributed by atoms with Crippen LogP contribution in [0.4, 0.5) is 0 Å². The zero-order valence-corrected chi connectivity index (χ0v) is 17.1. The zero-order valence-electron chi connectivity index (χ0n) is 15.5. The average molecular weight is 410 g/mol. The van der Waals surface area contributed by atoms with Crippen LogP contribution in [-0.4, -0.2) is 36.6 Å². The van der Waals surface area contributed by atoms with Gasteiger partial charge < -0.3 is 14.7 Å². The first-order chi connectivity index (χ1) is 12.0. The van der Waals surface area contributed by atoms with Crippen molar-refractivity contribution in [1.29, 1.82) is 0 Å². The molecular formula is C21H25Cl2NO3. The highest BCUT2D eigenvalue weighted by Gasteiger charge is 2.19. The van der Waals surface area contributed by atoms with E-state index in [4.69, 9.17) is 9.84 Å². The van der Waals surface area contributed by atoms with Crippen LogP contribution in [0.5, 0.6) is 5.75 Å². The van der Waals surface area contributed by atoms with Crippen molar-refractivity contribution >= 4 is 36.4 Å². The van der Waals surface area contributed by atoms with Crippen LogP contribution in [0.2, 0.25) is 0 Å². The highest BCUT2D eigenvalue weighted by atomic mass is 35.5. The first kappa shape index (κ1) is 23.0. The Morgan fingerprint density at radius 2 is 1.89 bits per heavy atom. The fourth-order valence-electron chi connectivity index (χ4n) is 3.09. The van der Waals surface area contributed by atoms with E-state index in [-0.39, 0.29) is 31.2 Å². The summed E-state index contributed by atoms with van der Waals surface area (Å²) < 4.78 is 5.99. The van der Waals surface area contributed by atoms with E-state index in [9.17, 15) is 4.79 Å². The van der Waals surface area contributed by atoms with E-state index in [0.29, 0.717) is 6.61 Å². The van der Waals surface area contributed by atoms with Gasteiger partial charge >= 0.3 is 5.97 Å². The quantitative estimate of drug-likeness (QED) is 0.792. The number of hydrogen-bond donors (Lipinski definition) is 1. The van der Waals surface area contributed by atoms with Crippen LogP contribution in [0.3, 0.4) is 0 Å². The molecule has 4 nitrogen and oxygen atoms in total. The number of fused-ring (bicyclic) bond motifs is 2. The Morgan fingerprint density at radius 1 is 1.15 bits per heavy atom. The number of benzene rings is 2. The van der Waals surface area contributed by atoms with Crippen LogP contribution in [0.25, 0.3) is 5.57 Å². The van der Waals surface area contributed by atoms with Gasteiger partial charge in [-0.2, -0.15) is 0 Å². The van der Waals surface area contributed by atoms with E-state index >= 15 is 0 Å². The van der Waals surface area contributed by atoms with Crippen LogP contribution in [0, 0.1) is 0 Å². The van der Waals surface area contributed by atoms with Crippen LogP contribution < -0.4 is 4.74 Å². The Kier molecular flexibility index (Phi) is 8.83. The van der Waals surface area contributed by atoms with Crippen molar-refractivity contribution in [2.75, 3.05) is 20.6 Å². The van der Waals surface area contributed by atoms with Gasteiger partial charge in [0.15, 0.2) is 0 Å². The normalized spacial score (nSPS) is 13.5. The number of carboxylic acid groups (broad SMARTS) is 1. The van der Waals surface area contributed by atoms with Gasteiger partial charge in [0.2, 0.25) is 0 Å². The topological polar surface area (TPSA) is 49.8 Å². The first-order valence-electron chi connectivity index (χ1n) is 8.45. The van der Waals surface area contributed by atoms with E-state index < -0.39 is 5.97 Å². The Bertz CT molecular complexity index is 819. The molecule has 0 aromatic heterocycles. The van der Waals surface area contributed by atoms with Gasteiger partial charge in [-0.3, -0.25) is 4.79 Å². The maximum absolute atomic E-state index is 11.1. The van der Waals surface area contributed by atoms with Crippen molar-refractivity contribution in [3.8, 4) is 5.75 Å². The number of nitrogens with zero attached hydrogens (tertiary/aromatic N) is 1.